The molecule has 0 aromatic rings. The Kier molecular flexibility index (Phi) is 48.8. The van der Waals surface area contributed by atoms with Gasteiger partial charge in [-0.3, -0.25) is 18.6 Å². The fraction of sp³-hybridized carbons (Fsp3) is 0.847. The van der Waals surface area contributed by atoms with E-state index in [1.54, 1.807) is 6.08 Å². The maximum absolute atomic E-state index is 14.3. The van der Waals surface area contributed by atoms with Crippen LogP contribution in [0.5, 0.6) is 0 Å². The summed E-state index contributed by atoms with van der Waals surface area (Å²) in [6, 6.07) is 0. The number of hydrogen-bond donors (Lipinski definition) is 11. The van der Waals surface area contributed by atoms with Crippen LogP contribution in [-0.4, -0.2) is 204 Å². The van der Waals surface area contributed by atoms with Gasteiger partial charge in [-0.25, -0.2) is 9.36 Å². The molecule has 0 spiro atoms. The summed E-state index contributed by atoms with van der Waals surface area (Å²) in [5.41, 5.74) is 0. The van der Waals surface area contributed by atoms with Crippen molar-refractivity contribution in [3.8, 4) is 0 Å². The fourth-order valence-corrected chi connectivity index (χ4v) is 12.8. The van der Waals surface area contributed by atoms with E-state index in [0.29, 0.717) is 12.8 Å². The number of hydrogen-bond acceptors (Lipinski definition) is 23. The van der Waals surface area contributed by atoms with Crippen LogP contribution in [0.3, 0.4) is 0 Å². The van der Waals surface area contributed by atoms with Crippen LogP contribution >= 0.6 is 7.82 Å². The standard InChI is InChI=1S/C72H127O24P/c1-4-7-10-13-16-19-22-25-27-30-33-36-39-42-45-48-58(76)91-53(50-88-56(74)46-43-40-37-34-31-28-24-21-18-15-12-9-6-3)51-90-97(86,87)96-70-68(94-71-66(84)61(79)59(77)54(49-73)92-71)64(82)63(81)65(83)69(70)95-72-67(85)62(80)60(78)55(93-72)52-89-57(75)47-44-41-38-35-32-29-26-23-20-17-14-11-8-5-2/h28-29,31-32,39,42,45,48,53-55,59-73,77-85H,4-27,30,33-38,40-41,43-44,46-47,49-52H2,1-3H3,(H,86,87)/b31-28-,32-29-,42-39+,48-45+. The number of allylic oxidation sites excluding steroid dienone is 7. The van der Waals surface area contributed by atoms with Crippen LogP contribution in [0.15, 0.2) is 48.6 Å². The van der Waals surface area contributed by atoms with Gasteiger partial charge < -0.3 is 89.1 Å². The van der Waals surface area contributed by atoms with Crippen molar-refractivity contribution in [3.63, 3.8) is 0 Å². The quantitative estimate of drug-likeness (QED) is 0.00513. The van der Waals surface area contributed by atoms with Crippen LogP contribution in [-0.2, 0) is 61.2 Å². The van der Waals surface area contributed by atoms with Gasteiger partial charge in [-0.15, -0.1) is 0 Å². The Labute approximate surface area is 578 Å². The van der Waals surface area contributed by atoms with Crippen molar-refractivity contribution >= 4 is 25.7 Å². The minimum atomic E-state index is -5.73. The molecule has 3 fully saturated rings. The number of phosphoric acid groups is 1. The molecular weight excluding hydrogens is 1280 g/mol. The lowest BCUT2D eigenvalue weighted by molar-refractivity contribution is -0.360. The van der Waals surface area contributed by atoms with Gasteiger partial charge in [-0.1, -0.05) is 211 Å². The van der Waals surface area contributed by atoms with Gasteiger partial charge in [0.15, 0.2) is 18.7 Å². The zero-order chi connectivity index (χ0) is 71.1. The second kappa shape index (κ2) is 53.7. The van der Waals surface area contributed by atoms with E-state index in [0.717, 1.165) is 96.0 Å². The molecule has 3 aliphatic rings. The van der Waals surface area contributed by atoms with E-state index in [9.17, 15) is 74.9 Å². The van der Waals surface area contributed by atoms with Crippen molar-refractivity contribution in [2.45, 2.75) is 362 Å². The van der Waals surface area contributed by atoms with Gasteiger partial charge in [-0.2, -0.15) is 0 Å². The summed E-state index contributed by atoms with van der Waals surface area (Å²) in [4.78, 5) is 50.8. The van der Waals surface area contributed by atoms with Gasteiger partial charge >= 0.3 is 25.7 Å². The molecule has 0 aromatic carbocycles. The fourth-order valence-electron chi connectivity index (χ4n) is 11.8. The average Bonchev–Trinajstić information content (AvgIpc) is 0.763. The summed E-state index contributed by atoms with van der Waals surface area (Å²) < 4.78 is 64.7. The third kappa shape index (κ3) is 37.1. The Hall–Kier alpha value is -3.08. The van der Waals surface area contributed by atoms with Crippen LogP contribution in [0.2, 0.25) is 0 Å². The number of carbonyl (C=O) groups is 3. The molecule has 2 aliphatic heterocycles. The lowest BCUT2D eigenvalue weighted by Crippen LogP contribution is -2.69. The molecule has 24 nitrogen and oxygen atoms in total. The molecule has 2 saturated heterocycles. The smallest absolute Gasteiger partial charge is 0.463 e. The van der Waals surface area contributed by atoms with Gasteiger partial charge in [0.1, 0.15) is 98.7 Å². The molecule has 1 aliphatic carbocycles. The Bertz CT molecular complexity index is 2200. The first kappa shape index (κ1) is 88.1. The maximum Gasteiger partial charge on any atom is 0.472 e. The molecule has 0 radical (unpaired) electrons. The molecule has 11 N–H and O–H groups in total. The second-order valence-corrected chi connectivity index (χ2v) is 27.8. The first-order valence-corrected chi connectivity index (χ1v) is 38.5. The Balaban J connectivity index is 1.77. The number of ether oxygens (including phenoxy) is 7. The van der Waals surface area contributed by atoms with Gasteiger partial charge in [0, 0.05) is 18.9 Å². The second-order valence-electron chi connectivity index (χ2n) is 26.4. The van der Waals surface area contributed by atoms with Crippen molar-refractivity contribution in [1.29, 1.82) is 0 Å². The third-order valence-electron chi connectivity index (χ3n) is 17.9. The van der Waals surface area contributed by atoms with Crippen molar-refractivity contribution in [2.75, 3.05) is 26.4 Å². The molecular formula is C72H127O24P. The van der Waals surface area contributed by atoms with Crippen LogP contribution in [0.1, 0.15) is 258 Å². The zero-order valence-corrected chi connectivity index (χ0v) is 59.5. The lowest BCUT2D eigenvalue weighted by atomic mass is 9.84. The molecule has 25 heteroatoms. The van der Waals surface area contributed by atoms with E-state index in [1.165, 1.54) is 128 Å². The van der Waals surface area contributed by atoms with E-state index < -0.39 is 156 Å². The Morgan fingerprint density at radius 1 is 0.423 bits per heavy atom. The molecule has 18 atom stereocenters. The maximum atomic E-state index is 14.3. The summed E-state index contributed by atoms with van der Waals surface area (Å²) in [5.74, 6) is -2.29. The average molecular weight is 1410 g/mol. The van der Waals surface area contributed by atoms with Crippen molar-refractivity contribution in [1.82, 2.24) is 0 Å². The first-order valence-electron chi connectivity index (χ1n) is 37.0. The number of esters is 3. The molecule has 0 amide bonds. The molecule has 97 heavy (non-hydrogen) atoms. The Morgan fingerprint density at radius 3 is 1.23 bits per heavy atom. The van der Waals surface area contributed by atoms with Crippen LogP contribution in [0, 0.1) is 0 Å². The molecule has 564 valence electrons. The minimum Gasteiger partial charge on any atom is -0.463 e. The summed E-state index contributed by atoms with van der Waals surface area (Å²) in [6.07, 6.45) is 16.9. The van der Waals surface area contributed by atoms with Gasteiger partial charge in [0.25, 0.3) is 0 Å². The molecule has 0 bridgehead atoms. The Morgan fingerprint density at radius 2 is 0.794 bits per heavy atom. The number of carbonyl (C=O) groups excluding carboxylic acids is 3. The summed E-state index contributed by atoms with van der Waals surface area (Å²) in [5, 5.41) is 110. The highest BCUT2D eigenvalue weighted by atomic mass is 31.2. The van der Waals surface area contributed by atoms with Gasteiger partial charge in [0.2, 0.25) is 0 Å². The first-order chi connectivity index (χ1) is 46.8. The normalized spacial score (nSPS) is 28.1. The predicted molar refractivity (Wildman–Crippen MR) is 365 cm³/mol. The highest BCUT2D eigenvalue weighted by Gasteiger charge is 2.58. The van der Waals surface area contributed by atoms with E-state index in [2.05, 4.69) is 45.1 Å². The van der Waals surface area contributed by atoms with Crippen molar-refractivity contribution in [3.05, 3.63) is 48.6 Å². The number of unbranched alkanes of at least 4 members (excludes halogenated alkanes) is 30. The summed E-state index contributed by atoms with van der Waals surface area (Å²) in [7, 11) is -5.73. The lowest BCUT2D eigenvalue weighted by Gasteiger charge is -2.49. The topological polar surface area (TPSA) is 374 Å². The summed E-state index contributed by atoms with van der Waals surface area (Å²) >= 11 is 0. The number of aliphatic hydroxyl groups is 10. The largest absolute Gasteiger partial charge is 0.472 e. The van der Waals surface area contributed by atoms with E-state index >= 15 is 0 Å². The number of aliphatic hydroxyl groups excluding tert-OH is 10. The monoisotopic (exact) mass is 1410 g/mol. The minimum absolute atomic E-state index is 0.00266. The third-order valence-corrected chi connectivity index (χ3v) is 18.9. The number of phosphoric ester groups is 1. The zero-order valence-electron chi connectivity index (χ0n) is 58.6. The van der Waals surface area contributed by atoms with Crippen LogP contribution in [0.25, 0.3) is 0 Å². The predicted octanol–water partition coefficient (Wildman–Crippen LogP) is 9.68. The van der Waals surface area contributed by atoms with E-state index in [4.69, 9.17) is 42.2 Å². The molecule has 18 unspecified atom stereocenters. The van der Waals surface area contributed by atoms with Crippen LogP contribution in [0.4, 0.5) is 0 Å². The van der Waals surface area contributed by atoms with Crippen molar-refractivity contribution < 1.29 is 117 Å². The van der Waals surface area contributed by atoms with E-state index in [-0.39, 0.29) is 12.8 Å². The summed E-state index contributed by atoms with van der Waals surface area (Å²) in [6.45, 7) is 3.28. The molecule has 2 heterocycles. The van der Waals surface area contributed by atoms with Crippen molar-refractivity contribution in [2.24, 2.45) is 0 Å². The van der Waals surface area contributed by atoms with Gasteiger partial charge in [-0.05, 0) is 77.0 Å². The SMILES string of the molecule is CCCCCCCC/C=C\CCCCCC(=O)OCC(COP(=O)(O)OC1C(OC2OC(CO)C(O)C(O)C2O)C(O)C(O)C(O)C1OC1OC(COC(=O)CCCCC/C=C\CCCCCCCCC)C(O)C(O)C1O)OC(=O)/C=C/C=C/CCCCCCCCCCCCC. The molecule has 0 aromatic heterocycles. The van der Waals surface area contributed by atoms with Gasteiger partial charge in [0.05, 0.1) is 13.2 Å². The molecule has 1 saturated carbocycles. The van der Waals surface area contributed by atoms with Crippen LogP contribution < -0.4 is 0 Å². The highest BCUT2D eigenvalue weighted by molar-refractivity contribution is 7.47. The highest BCUT2D eigenvalue weighted by Crippen LogP contribution is 2.49. The number of rotatable bonds is 56. The molecule has 3 rings (SSSR count). The van der Waals surface area contributed by atoms with E-state index in [1.807, 2.05) is 6.08 Å².